The van der Waals surface area contributed by atoms with Gasteiger partial charge in [-0.2, -0.15) is 0 Å². The number of hydrogen-bond donors (Lipinski definition) is 2. The number of benzene rings is 3. The van der Waals surface area contributed by atoms with Crippen molar-refractivity contribution in [2.75, 3.05) is 0 Å². The molecular formula is C27H19N5O2. The van der Waals surface area contributed by atoms with Crippen molar-refractivity contribution in [2.45, 2.75) is 0 Å². The van der Waals surface area contributed by atoms with Crippen molar-refractivity contribution in [1.29, 1.82) is 0 Å². The van der Waals surface area contributed by atoms with Gasteiger partial charge in [-0.25, -0.2) is 9.97 Å². The molecule has 0 radical (unpaired) electrons. The lowest BCUT2D eigenvalue weighted by Crippen LogP contribution is -2.41. The minimum Gasteiger partial charge on any atom is -0.267 e. The molecular weight excluding hydrogens is 426 g/mol. The van der Waals surface area contributed by atoms with Gasteiger partial charge in [0.05, 0.1) is 28.0 Å². The van der Waals surface area contributed by atoms with E-state index < -0.39 is 11.8 Å². The number of rotatable bonds is 4. The molecule has 7 heteroatoms. The Bertz CT molecular complexity index is 1470. The highest BCUT2D eigenvalue weighted by atomic mass is 16.2. The van der Waals surface area contributed by atoms with E-state index in [1.165, 1.54) is 6.20 Å². The Labute approximate surface area is 195 Å². The van der Waals surface area contributed by atoms with Crippen LogP contribution >= 0.6 is 0 Å². The molecule has 0 bridgehead atoms. The van der Waals surface area contributed by atoms with E-state index in [2.05, 4.69) is 15.8 Å². The summed E-state index contributed by atoms with van der Waals surface area (Å²) < 4.78 is 0. The summed E-state index contributed by atoms with van der Waals surface area (Å²) in [7, 11) is 0. The number of nitrogens with zero attached hydrogens (tertiary/aromatic N) is 3. The van der Waals surface area contributed by atoms with Gasteiger partial charge in [-0.05, 0) is 30.3 Å². The fourth-order valence-corrected chi connectivity index (χ4v) is 3.55. The van der Waals surface area contributed by atoms with E-state index in [9.17, 15) is 9.59 Å². The van der Waals surface area contributed by atoms with Crippen molar-refractivity contribution < 1.29 is 9.59 Å². The van der Waals surface area contributed by atoms with E-state index in [1.807, 2.05) is 60.7 Å². The molecule has 0 atom stereocenters. The average Bonchev–Trinajstić information content (AvgIpc) is 2.92. The number of carbonyl (C=O) groups is 2. The van der Waals surface area contributed by atoms with Gasteiger partial charge in [0.1, 0.15) is 0 Å². The highest BCUT2D eigenvalue weighted by Gasteiger charge is 2.15. The Morgan fingerprint density at radius 2 is 1.18 bits per heavy atom. The van der Waals surface area contributed by atoms with Crippen LogP contribution in [0.2, 0.25) is 0 Å². The number of hydrogen-bond acceptors (Lipinski definition) is 5. The van der Waals surface area contributed by atoms with Gasteiger partial charge < -0.3 is 0 Å². The quantitative estimate of drug-likeness (QED) is 0.399. The van der Waals surface area contributed by atoms with E-state index in [4.69, 9.17) is 9.97 Å². The zero-order valence-corrected chi connectivity index (χ0v) is 18.0. The summed E-state index contributed by atoms with van der Waals surface area (Å²) in [5, 5.41) is 0. The zero-order chi connectivity index (χ0) is 23.3. The molecule has 7 nitrogen and oxygen atoms in total. The van der Waals surface area contributed by atoms with Gasteiger partial charge in [-0.15, -0.1) is 0 Å². The van der Waals surface area contributed by atoms with Crippen LogP contribution in [0.1, 0.15) is 20.7 Å². The van der Waals surface area contributed by atoms with Crippen molar-refractivity contribution in [3.8, 4) is 22.5 Å². The molecule has 0 aliphatic rings. The highest BCUT2D eigenvalue weighted by Crippen LogP contribution is 2.31. The smallest absolute Gasteiger partial charge is 0.267 e. The highest BCUT2D eigenvalue weighted by molar-refractivity contribution is 6.00. The molecule has 34 heavy (non-hydrogen) atoms. The molecule has 5 rings (SSSR count). The van der Waals surface area contributed by atoms with Gasteiger partial charge in [-0.3, -0.25) is 25.4 Å². The van der Waals surface area contributed by atoms with E-state index >= 15 is 0 Å². The van der Waals surface area contributed by atoms with Crippen LogP contribution in [0.5, 0.6) is 0 Å². The Kier molecular flexibility index (Phi) is 5.73. The number of nitrogens with one attached hydrogen (secondary N) is 2. The third-order valence-corrected chi connectivity index (χ3v) is 5.23. The monoisotopic (exact) mass is 445 g/mol. The van der Waals surface area contributed by atoms with Gasteiger partial charge in [-0.1, -0.05) is 60.7 Å². The van der Waals surface area contributed by atoms with Crippen molar-refractivity contribution in [1.82, 2.24) is 25.8 Å². The molecule has 0 saturated heterocycles. The molecule has 0 fully saturated rings. The van der Waals surface area contributed by atoms with E-state index in [0.717, 1.165) is 22.5 Å². The summed E-state index contributed by atoms with van der Waals surface area (Å²) in [6.07, 6.45) is 2.99. The van der Waals surface area contributed by atoms with Gasteiger partial charge in [0.25, 0.3) is 11.8 Å². The zero-order valence-electron chi connectivity index (χ0n) is 18.0. The largest absolute Gasteiger partial charge is 0.271 e. The number of fused-ring (bicyclic) bond motifs is 1. The maximum atomic E-state index is 12.7. The van der Waals surface area contributed by atoms with Crippen LogP contribution in [0.3, 0.4) is 0 Å². The molecule has 0 aliphatic heterocycles. The fraction of sp³-hybridized carbons (Fsp3) is 0. The summed E-state index contributed by atoms with van der Waals surface area (Å²) in [6.45, 7) is 0. The maximum absolute atomic E-state index is 12.7. The Balaban J connectivity index is 1.48. The molecule has 5 aromatic rings. The fourth-order valence-electron chi connectivity index (χ4n) is 3.55. The molecule has 0 spiro atoms. The lowest BCUT2D eigenvalue weighted by atomic mass is 10.0. The third kappa shape index (κ3) is 4.35. The first-order valence-corrected chi connectivity index (χ1v) is 10.6. The first kappa shape index (κ1) is 21.0. The van der Waals surface area contributed by atoms with Crippen LogP contribution in [-0.4, -0.2) is 26.8 Å². The minimum absolute atomic E-state index is 0.341. The molecule has 0 aliphatic carbocycles. The second-order valence-corrected chi connectivity index (χ2v) is 7.51. The molecule has 164 valence electrons. The maximum Gasteiger partial charge on any atom is 0.271 e. The average molecular weight is 445 g/mol. The van der Waals surface area contributed by atoms with Gasteiger partial charge in [0, 0.05) is 29.1 Å². The van der Waals surface area contributed by atoms with Crippen LogP contribution in [0, 0.1) is 0 Å². The summed E-state index contributed by atoms with van der Waals surface area (Å²) >= 11 is 0. The molecule has 0 unspecified atom stereocenters. The van der Waals surface area contributed by atoms with Crippen LogP contribution in [0.15, 0.2) is 103 Å². The number of aromatic nitrogens is 3. The summed E-state index contributed by atoms with van der Waals surface area (Å²) in [5.41, 5.74) is 10.1. The Hall–Kier alpha value is -4.91. The van der Waals surface area contributed by atoms with Gasteiger partial charge in [0.2, 0.25) is 0 Å². The molecule has 2 amide bonds. The standard InChI is InChI=1S/C27H19N5O2/c33-26(31-32-27(34)21-12-7-15-28-17-21)20-13-14-22-23(16-20)30-25(19-10-5-2-6-11-19)24(29-22)18-8-3-1-4-9-18/h1-17H,(H,31,33)(H,32,34). The van der Waals surface area contributed by atoms with Gasteiger partial charge >= 0.3 is 0 Å². The predicted octanol–water partition coefficient (Wildman–Crippen LogP) is 4.43. The number of pyridine rings is 1. The first-order valence-electron chi connectivity index (χ1n) is 10.6. The van der Waals surface area contributed by atoms with E-state index in [-0.39, 0.29) is 0 Å². The molecule has 0 saturated carbocycles. The van der Waals surface area contributed by atoms with Crippen molar-refractivity contribution >= 4 is 22.8 Å². The summed E-state index contributed by atoms with van der Waals surface area (Å²) in [4.78, 5) is 38.5. The van der Waals surface area contributed by atoms with Crippen LogP contribution in [-0.2, 0) is 0 Å². The molecule has 2 aromatic heterocycles. The van der Waals surface area contributed by atoms with Crippen molar-refractivity contribution in [3.63, 3.8) is 0 Å². The number of carbonyl (C=O) groups excluding carboxylic acids is 2. The predicted molar refractivity (Wildman–Crippen MR) is 130 cm³/mol. The third-order valence-electron chi connectivity index (χ3n) is 5.23. The van der Waals surface area contributed by atoms with E-state index in [1.54, 1.807) is 36.5 Å². The minimum atomic E-state index is -0.464. The van der Waals surface area contributed by atoms with Crippen molar-refractivity contribution in [3.05, 3.63) is 115 Å². The first-order chi connectivity index (χ1) is 16.7. The second kappa shape index (κ2) is 9.30. The van der Waals surface area contributed by atoms with E-state index in [0.29, 0.717) is 22.2 Å². The normalized spacial score (nSPS) is 10.6. The Morgan fingerprint density at radius 1 is 0.588 bits per heavy atom. The molecule has 2 heterocycles. The number of hydrazine groups is 1. The second-order valence-electron chi connectivity index (χ2n) is 7.51. The lowest BCUT2D eigenvalue weighted by Gasteiger charge is -2.12. The summed E-state index contributed by atoms with van der Waals surface area (Å²) in [5.74, 6) is -0.921. The topological polar surface area (TPSA) is 96.9 Å². The van der Waals surface area contributed by atoms with Crippen molar-refractivity contribution in [2.24, 2.45) is 0 Å². The molecule has 3 aromatic carbocycles. The Morgan fingerprint density at radius 3 is 1.76 bits per heavy atom. The lowest BCUT2D eigenvalue weighted by molar-refractivity contribution is 0.0846. The van der Waals surface area contributed by atoms with Crippen LogP contribution in [0.25, 0.3) is 33.5 Å². The van der Waals surface area contributed by atoms with Crippen LogP contribution in [0.4, 0.5) is 0 Å². The van der Waals surface area contributed by atoms with Gasteiger partial charge in [0.15, 0.2) is 0 Å². The SMILES string of the molecule is O=C(NNC(=O)c1ccc2nc(-c3ccccc3)c(-c3ccccc3)nc2c1)c1cccnc1. The molecule has 2 N–H and O–H groups in total. The number of amides is 2. The summed E-state index contributed by atoms with van der Waals surface area (Å²) in [6, 6.07) is 28.0. The van der Waals surface area contributed by atoms with Crippen LogP contribution < -0.4 is 10.9 Å².